The Morgan fingerprint density at radius 2 is 1.79 bits per heavy atom. The molecular weight excluding hydrogens is 513 g/mol. The molecule has 1 fully saturated rings. The number of nitrogens with one attached hydrogen (secondary N) is 1. The third-order valence-corrected chi connectivity index (χ3v) is 9.81. The first-order valence-electron chi connectivity index (χ1n) is 13.1. The number of aryl methyl sites for hydroxylation is 1. The van der Waals surface area contributed by atoms with E-state index in [1.165, 1.54) is 30.0 Å². The highest BCUT2D eigenvalue weighted by Gasteiger charge is 2.36. The van der Waals surface area contributed by atoms with E-state index in [4.69, 9.17) is 0 Å². The van der Waals surface area contributed by atoms with Crippen LogP contribution < -0.4 is 4.90 Å². The molecule has 5 rings (SSSR count). The van der Waals surface area contributed by atoms with Gasteiger partial charge >= 0.3 is 6.18 Å². The van der Waals surface area contributed by atoms with Crippen molar-refractivity contribution in [1.82, 2.24) is 14.3 Å². The largest absolute Gasteiger partial charge is 0.416 e. The summed E-state index contributed by atoms with van der Waals surface area (Å²) in [5, 5.41) is 0. The Morgan fingerprint density at radius 3 is 2.45 bits per heavy atom. The van der Waals surface area contributed by atoms with E-state index < -0.39 is 21.8 Å². The summed E-state index contributed by atoms with van der Waals surface area (Å²) in [6.07, 6.45) is 5.62. The number of hydrogen-bond donors (Lipinski definition) is 1. The molecule has 0 saturated heterocycles. The molecule has 3 aromatic rings. The Morgan fingerprint density at radius 1 is 1.05 bits per heavy atom. The maximum Gasteiger partial charge on any atom is 0.416 e. The molecule has 2 heterocycles. The van der Waals surface area contributed by atoms with Gasteiger partial charge < -0.3 is 9.88 Å². The normalized spacial score (nSPS) is 19.5. The predicted molar refractivity (Wildman–Crippen MR) is 140 cm³/mol. The summed E-state index contributed by atoms with van der Waals surface area (Å²) in [5.41, 5.74) is 2.93. The molecule has 1 atom stereocenters. The molecule has 6 nitrogen and oxygen atoms in total. The topological polar surface area (TPSA) is 69.3 Å². The van der Waals surface area contributed by atoms with Crippen LogP contribution >= 0.6 is 0 Å². The maximum atomic E-state index is 13.9. The van der Waals surface area contributed by atoms with Gasteiger partial charge in [0, 0.05) is 31.0 Å². The van der Waals surface area contributed by atoms with Crippen LogP contribution in [0.25, 0.3) is 0 Å². The van der Waals surface area contributed by atoms with Crippen LogP contribution in [0.3, 0.4) is 0 Å². The van der Waals surface area contributed by atoms with Gasteiger partial charge in [-0.25, -0.2) is 13.4 Å². The van der Waals surface area contributed by atoms with Crippen LogP contribution in [0, 0.1) is 12.8 Å². The minimum Gasteiger partial charge on any atom is -0.361 e. The molecule has 0 bridgehead atoms. The van der Waals surface area contributed by atoms with E-state index >= 15 is 0 Å². The lowest BCUT2D eigenvalue weighted by atomic mass is 9.97. The Balaban J connectivity index is 1.52. The fraction of sp³-hybridized carbons (Fsp3) is 0.464. The predicted octanol–water partition coefficient (Wildman–Crippen LogP) is 6.29. The molecule has 1 aliphatic carbocycles. The van der Waals surface area contributed by atoms with E-state index in [0.717, 1.165) is 59.6 Å². The first-order chi connectivity index (χ1) is 18.1. The van der Waals surface area contributed by atoms with Crippen LogP contribution in [0.2, 0.25) is 0 Å². The average Bonchev–Trinajstić information content (AvgIpc) is 3.57. The lowest BCUT2D eigenvalue weighted by Gasteiger charge is -2.34. The summed E-state index contributed by atoms with van der Waals surface area (Å²) in [6, 6.07) is 9.70. The summed E-state index contributed by atoms with van der Waals surface area (Å²) in [5.74, 6) is 0.643. The third kappa shape index (κ3) is 5.61. The Bertz CT molecular complexity index is 1340. The number of hydrogen-bond acceptors (Lipinski definition) is 4. The number of fused-ring (bicyclic) bond motifs is 1. The smallest absolute Gasteiger partial charge is 0.361 e. The number of imidazole rings is 1. The molecule has 0 spiro atoms. The van der Waals surface area contributed by atoms with Gasteiger partial charge in [-0.3, -0.25) is 0 Å². The summed E-state index contributed by atoms with van der Waals surface area (Å²) < 4.78 is 68.5. The van der Waals surface area contributed by atoms with E-state index in [2.05, 4.69) is 14.9 Å². The standard InChI is InChI=1S/C28H33F3N4O2S/c1-20-5-4-8-27-26(20)18-34(38(36,37)25-13-10-22(11-14-25)28(29,30)31)17-24(12-9-21-6-2-3-7-21)35(27)16-23-15-32-19-33-23/h4-5,8,10-11,13-15,19,21,24H,2-3,6-7,9,12,16-18H2,1H3,(H,32,33)/t24-/m0/s1. The first-order valence-corrected chi connectivity index (χ1v) is 14.6. The van der Waals surface area contributed by atoms with Crippen molar-refractivity contribution in [3.05, 3.63) is 77.4 Å². The fourth-order valence-corrected chi connectivity index (χ4v) is 7.27. The van der Waals surface area contributed by atoms with Crippen molar-refractivity contribution < 1.29 is 21.6 Å². The molecule has 204 valence electrons. The van der Waals surface area contributed by atoms with Crippen LogP contribution in [-0.2, 0) is 29.3 Å². The molecule has 1 aromatic heterocycles. The first kappa shape index (κ1) is 26.7. The van der Waals surface area contributed by atoms with E-state index in [1.54, 1.807) is 12.5 Å². The van der Waals surface area contributed by atoms with Gasteiger partial charge in [0.25, 0.3) is 0 Å². The van der Waals surface area contributed by atoms with Gasteiger partial charge in [0.2, 0.25) is 10.0 Å². The molecular formula is C28H33F3N4O2S. The number of benzene rings is 2. The van der Waals surface area contributed by atoms with Gasteiger partial charge in [-0.05, 0) is 67.1 Å². The molecule has 0 radical (unpaired) electrons. The van der Waals surface area contributed by atoms with Crippen molar-refractivity contribution in [3.63, 3.8) is 0 Å². The summed E-state index contributed by atoms with van der Waals surface area (Å²) in [4.78, 5) is 9.50. The molecule has 2 aromatic carbocycles. The number of rotatable bonds is 7. The highest BCUT2D eigenvalue weighted by Crippen LogP contribution is 2.37. The molecule has 2 aliphatic rings. The number of anilines is 1. The van der Waals surface area contributed by atoms with E-state index in [0.29, 0.717) is 12.5 Å². The van der Waals surface area contributed by atoms with E-state index in [-0.39, 0.29) is 24.0 Å². The van der Waals surface area contributed by atoms with Gasteiger partial charge in [0.15, 0.2) is 0 Å². The average molecular weight is 547 g/mol. The highest BCUT2D eigenvalue weighted by atomic mass is 32.2. The van der Waals surface area contributed by atoms with Crippen molar-refractivity contribution >= 4 is 15.7 Å². The maximum absolute atomic E-state index is 13.9. The lowest BCUT2D eigenvalue weighted by Crippen LogP contribution is -2.43. The van der Waals surface area contributed by atoms with Crippen LogP contribution in [-0.4, -0.2) is 35.3 Å². The minimum atomic E-state index is -4.53. The SMILES string of the molecule is Cc1cccc2c1CN(S(=O)(=O)c1ccc(C(F)(F)F)cc1)C[C@H](CCC1CCCC1)N2Cc1cnc[nH]1. The Hall–Kier alpha value is -2.85. The molecule has 0 amide bonds. The number of aromatic nitrogens is 2. The lowest BCUT2D eigenvalue weighted by molar-refractivity contribution is -0.137. The van der Waals surface area contributed by atoms with Crippen molar-refractivity contribution in [2.24, 2.45) is 5.92 Å². The van der Waals surface area contributed by atoms with Crippen LogP contribution in [0.15, 0.2) is 59.9 Å². The fourth-order valence-electron chi connectivity index (χ4n) is 5.82. The molecule has 0 unspecified atom stereocenters. The van der Waals surface area contributed by atoms with Gasteiger partial charge in [0.05, 0.1) is 29.0 Å². The molecule has 1 N–H and O–H groups in total. The minimum absolute atomic E-state index is 0.105. The second kappa shape index (κ2) is 10.7. The summed E-state index contributed by atoms with van der Waals surface area (Å²) in [6.45, 7) is 2.93. The number of sulfonamides is 1. The molecule has 1 aliphatic heterocycles. The second-order valence-corrected chi connectivity index (χ2v) is 12.4. The van der Waals surface area contributed by atoms with Gasteiger partial charge in [0.1, 0.15) is 0 Å². The van der Waals surface area contributed by atoms with Crippen molar-refractivity contribution in [3.8, 4) is 0 Å². The van der Waals surface area contributed by atoms with Gasteiger partial charge in [-0.15, -0.1) is 0 Å². The van der Waals surface area contributed by atoms with Crippen LogP contribution in [0.4, 0.5) is 18.9 Å². The van der Waals surface area contributed by atoms with Crippen LogP contribution in [0.1, 0.15) is 60.9 Å². The van der Waals surface area contributed by atoms with Gasteiger partial charge in [-0.1, -0.05) is 37.8 Å². The van der Waals surface area contributed by atoms with Crippen molar-refractivity contribution in [2.75, 3.05) is 11.4 Å². The number of aromatic amines is 1. The van der Waals surface area contributed by atoms with E-state index in [1.807, 2.05) is 25.1 Å². The van der Waals surface area contributed by atoms with Crippen LogP contribution in [0.5, 0.6) is 0 Å². The number of H-pyrrole nitrogens is 1. The van der Waals surface area contributed by atoms with E-state index in [9.17, 15) is 21.6 Å². The molecule has 10 heteroatoms. The van der Waals surface area contributed by atoms with Crippen molar-refractivity contribution in [1.29, 1.82) is 0 Å². The van der Waals surface area contributed by atoms with Gasteiger partial charge in [-0.2, -0.15) is 17.5 Å². The third-order valence-electron chi connectivity index (χ3n) is 7.98. The zero-order chi connectivity index (χ0) is 26.9. The number of alkyl halides is 3. The van der Waals surface area contributed by atoms with Crippen molar-refractivity contribution in [2.45, 2.75) is 75.7 Å². The summed E-state index contributed by atoms with van der Waals surface area (Å²) in [7, 11) is -4.04. The number of nitrogens with zero attached hydrogens (tertiary/aromatic N) is 3. The molecule has 38 heavy (non-hydrogen) atoms. The monoisotopic (exact) mass is 546 g/mol. The molecule has 1 saturated carbocycles. The quantitative estimate of drug-likeness (QED) is 0.378. The second-order valence-electron chi connectivity index (χ2n) is 10.5. The highest BCUT2D eigenvalue weighted by molar-refractivity contribution is 7.89. The Labute approximate surface area is 221 Å². The zero-order valence-electron chi connectivity index (χ0n) is 21.4. The zero-order valence-corrected chi connectivity index (χ0v) is 22.2. The summed E-state index contributed by atoms with van der Waals surface area (Å²) >= 11 is 0. The Kier molecular flexibility index (Phi) is 7.55. The number of halogens is 3.